The minimum atomic E-state index is 0.763. The molecule has 0 amide bonds. The third kappa shape index (κ3) is 3.69. The molecule has 1 N–H and O–H groups in total. The average Bonchev–Trinajstić information content (AvgIpc) is 3.56. The Hall–Kier alpha value is -4.77. The van der Waals surface area contributed by atoms with E-state index in [1.54, 1.807) is 6.20 Å². The quantitative estimate of drug-likeness (QED) is 0.327. The van der Waals surface area contributed by atoms with Crippen molar-refractivity contribution in [1.29, 1.82) is 0 Å². The van der Waals surface area contributed by atoms with Crippen molar-refractivity contribution in [2.75, 3.05) is 0 Å². The number of imidazole rings is 1. The predicted octanol–water partition coefficient (Wildman–Crippen LogP) is 6.66. The maximum absolute atomic E-state index is 5.09. The molecule has 0 saturated carbocycles. The highest BCUT2D eigenvalue weighted by atomic mass is 15.3. The second kappa shape index (κ2) is 8.64. The summed E-state index contributed by atoms with van der Waals surface area (Å²) in [5, 5.41) is 4.93. The topological polar surface area (TPSA) is 59.4 Å². The Kier molecular flexibility index (Phi) is 5.05. The van der Waals surface area contributed by atoms with E-state index in [9.17, 15) is 0 Å². The van der Waals surface area contributed by atoms with Crippen LogP contribution in [0.15, 0.2) is 122 Å². The Bertz CT molecular complexity index is 1460. The molecule has 0 aliphatic rings. The minimum absolute atomic E-state index is 0.763. The number of pyridine rings is 1. The lowest BCUT2D eigenvalue weighted by atomic mass is 10.1. The van der Waals surface area contributed by atoms with Crippen LogP contribution in [0.5, 0.6) is 0 Å². The molecule has 162 valence electrons. The number of hydrogen-bond acceptors (Lipinski definition) is 3. The van der Waals surface area contributed by atoms with E-state index in [2.05, 4.69) is 34.2 Å². The first-order chi connectivity index (χ1) is 16.9. The lowest BCUT2D eigenvalue weighted by Crippen LogP contribution is -1.94. The number of para-hydroxylation sites is 1. The summed E-state index contributed by atoms with van der Waals surface area (Å²) in [6, 6.07) is 34.6. The summed E-state index contributed by atoms with van der Waals surface area (Å²) in [7, 11) is 0. The largest absolute Gasteiger partial charge is 0.337 e. The molecule has 5 nitrogen and oxygen atoms in total. The van der Waals surface area contributed by atoms with Gasteiger partial charge in [-0.1, -0.05) is 78.9 Å². The van der Waals surface area contributed by atoms with Gasteiger partial charge in [0.2, 0.25) is 0 Å². The lowest BCUT2D eigenvalue weighted by Gasteiger charge is -2.02. The molecule has 0 bridgehead atoms. The lowest BCUT2D eigenvalue weighted by molar-refractivity contribution is 0.884. The van der Waals surface area contributed by atoms with Gasteiger partial charge in [-0.15, -0.1) is 0 Å². The zero-order valence-electron chi connectivity index (χ0n) is 18.3. The summed E-state index contributed by atoms with van der Waals surface area (Å²) in [5.74, 6) is 0.763. The van der Waals surface area contributed by atoms with Crippen molar-refractivity contribution in [3.8, 4) is 50.8 Å². The van der Waals surface area contributed by atoms with Gasteiger partial charge >= 0.3 is 0 Å². The molecule has 0 aliphatic heterocycles. The molecular formula is C29H21N5. The monoisotopic (exact) mass is 439 g/mol. The van der Waals surface area contributed by atoms with E-state index in [0.717, 1.165) is 50.8 Å². The van der Waals surface area contributed by atoms with Crippen LogP contribution in [0.25, 0.3) is 50.8 Å². The van der Waals surface area contributed by atoms with Gasteiger partial charge in [0.25, 0.3) is 0 Å². The number of nitrogens with one attached hydrogen (secondary N) is 1. The van der Waals surface area contributed by atoms with Crippen LogP contribution in [-0.4, -0.2) is 24.7 Å². The number of hydrogen-bond donors (Lipinski definition) is 1. The van der Waals surface area contributed by atoms with Gasteiger partial charge in [-0.2, -0.15) is 5.10 Å². The zero-order valence-corrected chi connectivity index (χ0v) is 18.3. The van der Waals surface area contributed by atoms with Crippen molar-refractivity contribution in [2.24, 2.45) is 0 Å². The van der Waals surface area contributed by atoms with Crippen LogP contribution in [0.3, 0.4) is 0 Å². The standard InChI is InChI=1S/C29H21N5/c1-4-11-21(12-5-1)27-28(22-13-6-2-7-14-22)32-29(31-27)25-20-34(24-16-8-3-9-17-24)33-26(25)23-15-10-18-30-19-23/h1-20H,(H,31,32). The fourth-order valence-electron chi connectivity index (χ4n) is 4.10. The van der Waals surface area contributed by atoms with Crippen molar-refractivity contribution >= 4 is 0 Å². The molecule has 6 aromatic rings. The third-order valence-corrected chi connectivity index (χ3v) is 5.74. The van der Waals surface area contributed by atoms with E-state index in [4.69, 9.17) is 10.1 Å². The fourth-order valence-corrected chi connectivity index (χ4v) is 4.10. The number of rotatable bonds is 5. The van der Waals surface area contributed by atoms with Crippen molar-refractivity contribution in [3.63, 3.8) is 0 Å². The molecule has 0 atom stereocenters. The molecule has 3 heterocycles. The van der Waals surface area contributed by atoms with E-state index < -0.39 is 0 Å². The maximum Gasteiger partial charge on any atom is 0.142 e. The Balaban J connectivity index is 1.57. The molecule has 0 aliphatic carbocycles. The van der Waals surface area contributed by atoms with E-state index >= 15 is 0 Å². The maximum atomic E-state index is 5.09. The number of aromatic amines is 1. The Labute approximate surface area is 197 Å². The third-order valence-electron chi connectivity index (χ3n) is 5.74. The molecule has 0 spiro atoms. The predicted molar refractivity (Wildman–Crippen MR) is 135 cm³/mol. The van der Waals surface area contributed by atoms with Crippen molar-refractivity contribution in [3.05, 3.63) is 122 Å². The Morgan fingerprint density at radius 2 is 1.26 bits per heavy atom. The molecule has 6 rings (SSSR count). The summed E-state index contributed by atoms with van der Waals surface area (Å²) in [4.78, 5) is 13.0. The smallest absolute Gasteiger partial charge is 0.142 e. The van der Waals surface area contributed by atoms with E-state index in [1.165, 1.54) is 0 Å². The second-order valence-electron chi connectivity index (χ2n) is 7.95. The number of benzene rings is 3. The fraction of sp³-hybridized carbons (Fsp3) is 0. The van der Waals surface area contributed by atoms with Gasteiger partial charge < -0.3 is 4.98 Å². The Morgan fingerprint density at radius 3 is 1.94 bits per heavy atom. The minimum Gasteiger partial charge on any atom is -0.337 e. The first kappa shape index (κ1) is 19.9. The van der Waals surface area contributed by atoms with Crippen LogP contribution in [0.4, 0.5) is 0 Å². The van der Waals surface area contributed by atoms with Crippen molar-refractivity contribution in [2.45, 2.75) is 0 Å². The van der Waals surface area contributed by atoms with Gasteiger partial charge in [-0.3, -0.25) is 4.98 Å². The van der Waals surface area contributed by atoms with Crippen LogP contribution < -0.4 is 0 Å². The molecule has 0 fully saturated rings. The first-order valence-corrected chi connectivity index (χ1v) is 11.1. The summed E-state index contributed by atoms with van der Waals surface area (Å²) in [5.41, 5.74) is 7.68. The van der Waals surface area contributed by atoms with E-state index in [0.29, 0.717) is 0 Å². The molecule has 34 heavy (non-hydrogen) atoms. The highest BCUT2D eigenvalue weighted by molar-refractivity contribution is 5.84. The summed E-state index contributed by atoms with van der Waals surface area (Å²) < 4.78 is 1.89. The SMILES string of the molecule is c1ccc(-c2nc(-c3cn(-c4ccccc4)nc3-c3cccnc3)[nH]c2-c2ccccc2)cc1. The van der Waals surface area contributed by atoms with Crippen LogP contribution >= 0.6 is 0 Å². The summed E-state index contributed by atoms with van der Waals surface area (Å²) in [6.07, 6.45) is 5.63. The van der Waals surface area contributed by atoms with Crippen LogP contribution in [0.1, 0.15) is 0 Å². The van der Waals surface area contributed by atoms with Crippen molar-refractivity contribution < 1.29 is 0 Å². The van der Waals surface area contributed by atoms with Gasteiger partial charge in [0.05, 0.1) is 22.6 Å². The highest BCUT2D eigenvalue weighted by Gasteiger charge is 2.20. The van der Waals surface area contributed by atoms with Gasteiger partial charge in [-0.25, -0.2) is 9.67 Å². The zero-order chi connectivity index (χ0) is 22.7. The second-order valence-corrected chi connectivity index (χ2v) is 7.95. The molecule has 3 aromatic heterocycles. The highest BCUT2D eigenvalue weighted by Crippen LogP contribution is 2.36. The number of H-pyrrole nitrogens is 1. The normalized spacial score (nSPS) is 10.9. The number of nitrogens with zero attached hydrogens (tertiary/aromatic N) is 4. The van der Waals surface area contributed by atoms with Gasteiger partial charge in [0, 0.05) is 35.3 Å². The molecule has 3 aromatic carbocycles. The van der Waals surface area contributed by atoms with Gasteiger partial charge in [0.15, 0.2) is 0 Å². The molecular weight excluding hydrogens is 418 g/mol. The Morgan fingerprint density at radius 1 is 0.618 bits per heavy atom. The molecule has 0 unspecified atom stereocenters. The van der Waals surface area contributed by atoms with E-state index in [1.807, 2.05) is 95.9 Å². The van der Waals surface area contributed by atoms with Gasteiger partial charge in [0.1, 0.15) is 11.5 Å². The van der Waals surface area contributed by atoms with Crippen molar-refractivity contribution in [1.82, 2.24) is 24.7 Å². The molecule has 0 saturated heterocycles. The number of aromatic nitrogens is 5. The van der Waals surface area contributed by atoms with Crippen LogP contribution in [0.2, 0.25) is 0 Å². The summed E-state index contributed by atoms with van der Waals surface area (Å²) in [6.45, 7) is 0. The van der Waals surface area contributed by atoms with Crippen LogP contribution in [0, 0.1) is 0 Å². The first-order valence-electron chi connectivity index (χ1n) is 11.1. The molecule has 5 heteroatoms. The van der Waals surface area contributed by atoms with Gasteiger partial charge in [-0.05, 0) is 24.3 Å². The van der Waals surface area contributed by atoms with E-state index in [-0.39, 0.29) is 0 Å². The molecule has 0 radical (unpaired) electrons. The van der Waals surface area contributed by atoms with Crippen LogP contribution in [-0.2, 0) is 0 Å². The average molecular weight is 440 g/mol. The summed E-state index contributed by atoms with van der Waals surface area (Å²) >= 11 is 0.